The summed E-state index contributed by atoms with van der Waals surface area (Å²) in [6, 6.07) is 0. The summed E-state index contributed by atoms with van der Waals surface area (Å²) in [6.07, 6.45) is 5.78. The molecule has 1 unspecified atom stereocenters. The quantitative estimate of drug-likeness (QED) is 0.804. The number of carboxylic acid groups (broad SMARTS) is 1. The maximum absolute atomic E-state index is 12.5. The summed E-state index contributed by atoms with van der Waals surface area (Å²) in [5.74, 6) is -0.656. The Labute approximate surface area is 114 Å². The largest absolute Gasteiger partial charge is 0.481 e. The van der Waals surface area contributed by atoms with Gasteiger partial charge in [0.05, 0.1) is 17.9 Å². The molecule has 1 saturated carbocycles. The van der Waals surface area contributed by atoms with E-state index in [0.29, 0.717) is 0 Å². The number of amides is 1. The molecule has 2 N–H and O–H groups in total. The number of carbonyl (C=O) groups is 2. The zero-order chi connectivity index (χ0) is 13.9. The Bertz CT molecular complexity index is 345. The van der Waals surface area contributed by atoms with Gasteiger partial charge in [-0.3, -0.25) is 9.59 Å². The molecule has 108 valence electrons. The first-order valence-corrected chi connectivity index (χ1v) is 7.25. The Morgan fingerprint density at radius 2 is 2.00 bits per heavy atom. The minimum absolute atomic E-state index is 0.0256. The molecule has 1 atom stereocenters. The summed E-state index contributed by atoms with van der Waals surface area (Å²) in [7, 11) is 1.80. The number of carboxylic acids is 1. The molecule has 0 bridgehead atoms. The van der Waals surface area contributed by atoms with Crippen molar-refractivity contribution in [1.29, 1.82) is 0 Å². The Morgan fingerprint density at radius 3 is 2.53 bits per heavy atom. The maximum Gasteiger partial charge on any atom is 0.305 e. The maximum atomic E-state index is 12.5. The summed E-state index contributed by atoms with van der Waals surface area (Å²) >= 11 is 0. The molecule has 1 amide bonds. The number of rotatable bonds is 4. The molecule has 0 aromatic carbocycles. The summed E-state index contributed by atoms with van der Waals surface area (Å²) in [4.78, 5) is 25.5. The van der Waals surface area contributed by atoms with Crippen molar-refractivity contribution in [3.05, 3.63) is 0 Å². The standard InChI is InChI=1S/C14H24N2O3/c1-16(13(19)11-5-8-15-10-11)14(9-12(17)18)6-3-2-4-7-14/h11,15H,2-10H2,1H3,(H,17,18). The number of hydrogen-bond donors (Lipinski definition) is 2. The summed E-state index contributed by atoms with van der Waals surface area (Å²) in [5.41, 5.74) is -0.455. The Morgan fingerprint density at radius 1 is 1.32 bits per heavy atom. The smallest absolute Gasteiger partial charge is 0.305 e. The van der Waals surface area contributed by atoms with Gasteiger partial charge < -0.3 is 15.3 Å². The van der Waals surface area contributed by atoms with E-state index in [1.807, 2.05) is 0 Å². The Balaban J connectivity index is 2.11. The van der Waals surface area contributed by atoms with E-state index in [-0.39, 0.29) is 18.2 Å². The van der Waals surface area contributed by atoms with E-state index >= 15 is 0 Å². The third kappa shape index (κ3) is 3.08. The first kappa shape index (κ1) is 14.3. The van der Waals surface area contributed by atoms with Crippen LogP contribution in [0, 0.1) is 5.92 Å². The van der Waals surface area contributed by atoms with E-state index in [4.69, 9.17) is 0 Å². The lowest BCUT2D eigenvalue weighted by molar-refractivity contribution is -0.147. The molecule has 5 nitrogen and oxygen atoms in total. The topological polar surface area (TPSA) is 69.6 Å². The monoisotopic (exact) mass is 268 g/mol. The Hall–Kier alpha value is -1.10. The molecule has 1 heterocycles. The lowest BCUT2D eigenvalue weighted by Crippen LogP contribution is -2.53. The van der Waals surface area contributed by atoms with Crippen LogP contribution in [0.2, 0.25) is 0 Å². The molecule has 0 spiro atoms. The van der Waals surface area contributed by atoms with E-state index in [9.17, 15) is 14.7 Å². The molecule has 1 aliphatic carbocycles. The van der Waals surface area contributed by atoms with Gasteiger partial charge in [0.1, 0.15) is 0 Å². The second-order valence-corrected chi connectivity index (χ2v) is 5.94. The van der Waals surface area contributed by atoms with Crippen molar-refractivity contribution in [3.63, 3.8) is 0 Å². The highest BCUT2D eigenvalue weighted by atomic mass is 16.4. The van der Waals surface area contributed by atoms with Gasteiger partial charge in [-0.05, 0) is 25.8 Å². The fourth-order valence-corrected chi connectivity index (χ4v) is 3.50. The lowest BCUT2D eigenvalue weighted by Gasteiger charge is -2.44. The number of hydrogen-bond acceptors (Lipinski definition) is 3. The van der Waals surface area contributed by atoms with E-state index in [2.05, 4.69) is 5.32 Å². The SMILES string of the molecule is CN(C(=O)C1CCNC1)C1(CC(=O)O)CCCCC1. The van der Waals surface area contributed by atoms with Crippen LogP contribution in [0.25, 0.3) is 0 Å². The molecule has 2 rings (SSSR count). The minimum atomic E-state index is -0.800. The third-order valence-electron chi connectivity index (χ3n) is 4.72. The van der Waals surface area contributed by atoms with E-state index in [1.165, 1.54) is 0 Å². The second kappa shape index (κ2) is 5.90. The van der Waals surface area contributed by atoms with Crippen LogP contribution in [0.4, 0.5) is 0 Å². The molecule has 5 heteroatoms. The van der Waals surface area contributed by atoms with Crippen molar-refractivity contribution in [3.8, 4) is 0 Å². The summed E-state index contributed by atoms with van der Waals surface area (Å²) in [5, 5.41) is 12.4. The normalized spacial score (nSPS) is 26.1. The van der Waals surface area contributed by atoms with E-state index < -0.39 is 11.5 Å². The van der Waals surface area contributed by atoms with Crippen molar-refractivity contribution in [2.24, 2.45) is 5.92 Å². The van der Waals surface area contributed by atoms with Crippen molar-refractivity contribution in [2.75, 3.05) is 20.1 Å². The zero-order valence-electron chi connectivity index (χ0n) is 11.7. The van der Waals surface area contributed by atoms with Crippen LogP contribution in [0.5, 0.6) is 0 Å². The van der Waals surface area contributed by atoms with Crippen LogP contribution in [-0.4, -0.2) is 47.6 Å². The van der Waals surface area contributed by atoms with Crippen molar-refractivity contribution < 1.29 is 14.7 Å². The van der Waals surface area contributed by atoms with Gasteiger partial charge in [-0.2, -0.15) is 0 Å². The van der Waals surface area contributed by atoms with Gasteiger partial charge in [0.2, 0.25) is 5.91 Å². The summed E-state index contributed by atoms with van der Waals surface area (Å²) in [6.45, 7) is 1.61. The van der Waals surface area contributed by atoms with Crippen LogP contribution < -0.4 is 5.32 Å². The average Bonchev–Trinajstić information content (AvgIpc) is 2.91. The number of nitrogens with zero attached hydrogens (tertiary/aromatic N) is 1. The number of nitrogens with one attached hydrogen (secondary N) is 1. The Kier molecular flexibility index (Phi) is 4.45. The van der Waals surface area contributed by atoms with Gasteiger partial charge in [0.15, 0.2) is 0 Å². The highest BCUT2D eigenvalue weighted by Crippen LogP contribution is 2.37. The van der Waals surface area contributed by atoms with Gasteiger partial charge >= 0.3 is 5.97 Å². The molecule has 0 radical (unpaired) electrons. The van der Waals surface area contributed by atoms with Crippen molar-refractivity contribution in [2.45, 2.75) is 50.5 Å². The molecule has 1 aliphatic heterocycles. The van der Waals surface area contributed by atoms with Gasteiger partial charge in [0, 0.05) is 13.6 Å². The molecule has 0 aromatic rings. The average molecular weight is 268 g/mol. The van der Waals surface area contributed by atoms with Crippen LogP contribution in [0.1, 0.15) is 44.9 Å². The molecule has 1 saturated heterocycles. The van der Waals surface area contributed by atoms with E-state index in [1.54, 1.807) is 11.9 Å². The predicted molar refractivity (Wildman–Crippen MR) is 71.8 cm³/mol. The van der Waals surface area contributed by atoms with Crippen molar-refractivity contribution >= 4 is 11.9 Å². The van der Waals surface area contributed by atoms with Crippen LogP contribution in [-0.2, 0) is 9.59 Å². The molecule has 2 aliphatic rings. The first-order valence-electron chi connectivity index (χ1n) is 7.25. The van der Waals surface area contributed by atoms with Crippen molar-refractivity contribution in [1.82, 2.24) is 10.2 Å². The predicted octanol–water partition coefficient (Wildman–Crippen LogP) is 1.23. The molecular formula is C14H24N2O3. The number of aliphatic carboxylic acids is 1. The van der Waals surface area contributed by atoms with Crippen LogP contribution in [0.15, 0.2) is 0 Å². The van der Waals surface area contributed by atoms with Gasteiger partial charge in [-0.15, -0.1) is 0 Å². The molecular weight excluding hydrogens is 244 g/mol. The zero-order valence-corrected chi connectivity index (χ0v) is 11.7. The van der Waals surface area contributed by atoms with Gasteiger partial charge in [0.25, 0.3) is 0 Å². The highest BCUT2D eigenvalue weighted by Gasteiger charge is 2.42. The fraction of sp³-hybridized carbons (Fsp3) is 0.857. The minimum Gasteiger partial charge on any atom is -0.481 e. The lowest BCUT2D eigenvalue weighted by atomic mass is 9.77. The summed E-state index contributed by atoms with van der Waals surface area (Å²) < 4.78 is 0. The molecule has 19 heavy (non-hydrogen) atoms. The fourth-order valence-electron chi connectivity index (χ4n) is 3.50. The van der Waals surface area contributed by atoms with E-state index in [0.717, 1.165) is 51.6 Å². The number of carbonyl (C=O) groups excluding carboxylic acids is 1. The highest BCUT2D eigenvalue weighted by molar-refractivity contribution is 5.81. The third-order valence-corrected chi connectivity index (χ3v) is 4.72. The van der Waals surface area contributed by atoms with Gasteiger partial charge in [-0.1, -0.05) is 19.3 Å². The van der Waals surface area contributed by atoms with Crippen LogP contribution >= 0.6 is 0 Å². The van der Waals surface area contributed by atoms with Gasteiger partial charge in [-0.25, -0.2) is 0 Å². The molecule has 2 fully saturated rings. The van der Waals surface area contributed by atoms with Crippen LogP contribution in [0.3, 0.4) is 0 Å². The second-order valence-electron chi connectivity index (χ2n) is 5.94. The molecule has 0 aromatic heterocycles. The first-order chi connectivity index (χ1) is 9.05.